The average Bonchev–Trinajstić information content (AvgIpc) is 2.79. The minimum atomic E-state index is -0.150. The molecule has 0 aliphatic heterocycles. The molecule has 3 aromatic carbocycles. The summed E-state index contributed by atoms with van der Waals surface area (Å²) in [5.74, 6) is 0.867. The highest BCUT2D eigenvalue weighted by Gasteiger charge is 2.15. The lowest BCUT2D eigenvalue weighted by Crippen LogP contribution is -2.22. The van der Waals surface area contributed by atoms with Crippen molar-refractivity contribution in [3.05, 3.63) is 94.8 Å². The van der Waals surface area contributed by atoms with Gasteiger partial charge in [0.15, 0.2) is 10.9 Å². The zero-order valence-electron chi connectivity index (χ0n) is 16.4. The van der Waals surface area contributed by atoms with Gasteiger partial charge in [0.25, 0.3) is 5.56 Å². The molecule has 4 rings (SSSR count). The average molecular weight is 417 g/mol. The minimum absolute atomic E-state index is 0.0370. The lowest BCUT2D eigenvalue weighted by atomic mass is 10.1. The molecule has 1 aromatic heterocycles. The van der Waals surface area contributed by atoms with Crippen LogP contribution >= 0.6 is 11.8 Å². The molecule has 0 radical (unpaired) electrons. The lowest BCUT2D eigenvalue weighted by molar-refractivity contribution is 0.102. The van der Waals surface area contributed by atoms with Gasteiger partial charge >= 0.3 is 0 Å². The van der Waals surface area contributed by atoms with E-state index in [1.165, 1.54) is 11.8 Å². The number of benzene rings is 3. The molecule has 1 heterocycles. The van der Waals surface area contributed by atoms with E-state index in [0.717, 1.165) is 11.4 Å². The Balaban J connectivity index is 1.66. The number of para-hydroxylation sites is 2. The van der Waals surface area contributed by atoms with Gasteiger partial charge in [-0.3, -0.25) is 14.2 Å². The molecule has 0 fully saturated rings. The molecule has 0 aliphatic rings. The third-order valence-electron chi connectivity index (χ3n) is 4.58. The van der Waals surface area contributed by atoms with Gasteiger partial charge in [0, 0.05) is 5.56 Å². The largest absolute Gasteiger partial charge is 0.494 e. The molecule has 30 heavy (non-hydrogen) atoms. The molecule has 0 amide bonds. The number of hydrogen-bond acceptors (Lipinski definition) is 5. The van der Waals surface area contributed by atoms with Crippen molar-refractivity contribution in [2.45, 2.75) is 12.1 Å². The Labute approximate surface area is 178 Å². The zero-order valence-corrected chi connectivity index (χ0v) is 17.3. The highest BCUT2D eigenvalue weighted by Crippen LogP contribution is 2.23. The third-order valence-corrected chi connectivity index (χ3v) is 5.52. The number of carbonyl (C=O) groups is 1. The van der Waals surface area contributed by atoms with Crippen LogP contribution in [0.4, 0.5) is 0 Å². The molecule has 0 bridgehead atoms. The fraction of sp³-hybridized carbons (Fsp3) is 0.125. The second-order valence-corrected chi connectivity index (χ2v) is 7.50. The summed E-state index contributed by atoms with van der Waals surface area (Å²) < 4.78 is 6.99. The maximum Gasteiger partial charge on any atom is 0.266 e. The Bertz CT molecular complexity index is 1240. The van der Waals surface area contributed by atoms with E-state index in [2.05, 4.69) is 4.98 Å². The van der Waals surface area contributed by atoms with Crippen LogP contribution in [0.25, 0.3) is 16.6 Å². The van der Waals surface area contributed by atoms with Gasteiger partial charge in [-0.15, -0.1) is 0 Å². The van der Waals surface area contributed by atoms with Crippen molar-refractivity contribution in [2.24, 2.45) is 0 Å². The molecule has 150 valence electrons. The van der Waals surface area contributed by atoms with Crippen molar-refractivity contribution < 1.29 is 9.53 Å². The van der Waals surface area contributed by atoms with Crippen molar-refractivity contribution in [2.75, 3.05) is 12.4 Å². The number of fused-ring (bicyclic) bond motifs is 1. The van der Waals surface area contributed by atoms with Gasteiger partial charge in [0.1, 0.15) is 5.75 Å². The summed E-state index contributed by atoms with van der Waals surface area (Å²) in [4.78, 5) is 30.6. The van der Waals surface area contributed by atoms with E-state index >= 15 is 0 Å². The number of Topliss-reactive ketones (excluding diaryl/α,β-unsaturated/α-hetero) is 1. The first-order valence-corrected chi connectivity index (χ1v) is 10.6. The first-order valence-electron chi connectivity index (χ1n) is 9.63. The Morgan fingerprint density at radius 3 is 2.40 bits per heavy atom. The summed E-state index contributed by atoms with van der Waals surface area (Å²) in [5, 5.41) is 1.03. The normalized spacial score (nSPS) is 10.8. The third kappa shape index (κ3) is 4.14. The molecule has 0 atom stereocenters. The Hall–Kier alpha value is -3.38. The van der Waals surface area contributed by atoms with Gasteiger partial charge in [-0.2, -0.15) is 0 Å². The second-order valence-electron chi connectivity index (χ2n) is 6.56. The number of ether oxygens (including phenoxy) is 1. The number of ketones is 1. The number of thioether (sulfide) groups is 1. The lowest BCUT2D eigenvalue weighted by Gasteiger charge is -2.13. The molecule has 4 aromatic rings. The second kappa shape index (κ2) is 8.97. The Morgan fingerprint density at radius 1 is 0.967 bits per heavy atom. The summed E-state index contributed by atoms with van der Waals surface area (Å²) in [5.41, 5.74) is 1.78. The number of carbonyl (C=O) groups excluding carboxylic acids is 1. The first-order chi connectivity index (χ1) is 14.7. The Kier molecular flexibility index (Phi) is 5.95. The van der Waals surface area contributed by atoms with E-state index in [1.54, 1.807) is 34.9 Å². The van der Waals surface area contributed by atoms with Gasteiger partial charge in [-0.05, 0) is 55.5 Å². The quantitative estimate of drug-likeness (QED) is 0.247. The van der Waals surface area contributed by atoms with Crippen LogP contribution in [0.15, 0.2) is 88.8 Å². The van der Waals surface area contributed by atoms with E-state index in [9.17, 15) is 9.59 Å². The van der Waals surface area contributed by atoms with Crippen molar-refractivity contribution in [3.8, 4) is 11.4 Å². The van der Waals surface area contributed by atoms with Crippen molar-refractivity contribution >= 4 is 28.4 Å². The molecular formula is C24H20N2O3S. The summed E-state index contributed by atoms with van der Waals surface area (Å²) in [7, 11) is 0. The number of aromatic nitrogens is 2. The van der Waals surface area contributed by atoms with E-state index in [0.29, 0.717) is 28.2 Å². The highest BCUT2D eigenvalue weighted by molar-refractivity contribution is 7.99. The fourth-order valence-corrected chi connectivity index (χ4v) is 4.04. The van der Waals surface area contributed by atoms with Crippen LogP contribution in [0, 0.1) is 0 Å². The predicted octanol–water partition coefficient (Wildman–Crippen LogP) is 4.76. The van der Waals surface area contributed by atoms with Crippen LogP contribution in [-0.2, 0) is 0 Å². The first kappa shape index (κ1) is 19.9. The van der Waals surface area contributed by atoms with E-state index in [4.69, 9.17) is 4.74 Å². The Morgan fingerprint density at radius 2 is 1.67 bits per heavy atom. The van der Waals surface area contributed by atoms with Crippen LogP contribution in [0.5, 0.6) is 5.75 Å². The summed E-state index contributed by atoms with van der Waals surface area (Å²) in [6, 6.07) is 23.7. The summed E-state index contributed by atoms with van der Waals surface area (Å²) in [6.45, 7) is 2.49. The standard InChI is InChI=1S/C24H20N2O3S/c1-2-29-19-14-12-17(13-15-19)22(27)16-30-24-25-21-11-7-6-10-20(21)23(28)26(24)18-8-4-3-5-9-18/h3-15H,2,16H2,1H3. The molecule has 5 nitrogen and oxygen atoms in total. The van der Waals surface area contributed by atoms with Gasteiger partial charge in [-0.1, -0.05) is 42.1 Å². The molecule has 0 saturated carbocycles. The van der Waals surface area contributed by atoms with E-state index in [-0.39, 0.29) is 17.1 Å². The van der Waals surface area contributed by atoms with Gasteiger partial charge in [0.2, 0.25) is 0 Å². The maximum atomic E-state index is 13.2. The van der Waals surface area contributed by atoms with E-state index < -0.39 is 0 Å². The zero-order chi connectivity index (χ0) is 20.9. The monoisotopic (exact) mass is 416 g/mol. The summed E-state index contributed by atoms with van der Waals surface area (Å²) >= 11 is 1.26. The predicted molar refractivity (Wildman–Crippen MR) is 120 cm³/mol. The molecule has 6 heteroatoms. The van der Waals surface area contributed by atoms with Crippen molar-refractivity contribution in [1.82, 2.24) is 9.55 Å². The van der Waals surface area contributed by atoms with Gasteiger partial charge in [0.05, 0.1) is 29.0 Å². The topological polar surface area (TPSA) is 61.2 Å². The van der Waals surface area contributed by atoms with Crippen molar-refractivity contribution in [3.63, 3.8) is 0 Å². The van der Waals surface area contributed by atoms with Gasteiger partial charge in [-0.25, -0.2) is 4.98 Å². The van der Waals surface area contributed by atoms with Crippen molar-refractivity contribution in [1.29, 1.82) is 0 Å². The van der Waals surface area contributed by atoms with Crippen LogP contribution in [0.1, 0.15) is 17.3 Å². The molecule has 0 aliphatic carbocycles. The number of rotatable bonds is 7. The maximum absolute atomic E-state index is 13.2. The van der Waals surface area contributed by atoms with Crippen LogP contribution < -0.4 is 10.3 Å². The number of nitrogens with zero attached hydrogens (tertiary/aromatic N) is 2. The van der Waals surface area contributed by atoms with Gasteiger partial charge < -0.3 is 4.74 Å². The highest BCUT2D eigenvalue weighted by atomic mass is 32.2. The fourth-order valence-electron chi connectivity index (χ4n) is 3.13. The molecule has 0 spiro atoms. The molecular weight excluding hydrogens is 396 g/mol. The molecule has 0 N–H and O–H groups in total. The van der Waals surface area contributed by atoms with Crippen LogP contribution in [0.3, 0.4) is 0 Å². The molecule has 0 unspecified atom stereocenters. The molecule has 0 saturated heterocycles. The SMILES string of the molecule is CCOc1ccc(C(=O)CSc2nc3ccccc3c(=O)n2-c2ccccc2)cc1. The minimum Gasteiger partial charge on any atom is -0.494 e. The van der Waals surface area contributed by atoms with Crippen LogP contribution in [-0.4, -0.2) is 27.7 Å². The summed E-state index contributed by atoms with van der Waals surface area (Å²) in [6.07, 6.45) is 0. The van der Waals surface area contributed by atoms with E-state index in [1.807, 2.05) is 55.5 Å². The smallest absolute Gasteiger partial charge is 0.266 e. The van der Waals surface area contributed by atoms with Crippen LogP contribution in [0.2, 0.25) is 0 Å². The number of hydrogen-bond donors (Lipinski definition) is 0.